The summed E-state index contributed by atoms with van der Waals surface area (Å²) in [6.07, 6.45) is 5.03. The highest BCUT2D eigenvalue weighted by Gasteiger charge is 2.41. The van der Waals surface area contributed by atoms with Crippen LogP contribution in [0.15, 0.2) is 12.7 Å². The number of hydrogen-bond acceptors (Lipinski definition) is 2. The fourth-order valence-corrected chi connectivity index (χ4v) is 2.25. The van der Waals surface area contributed by atoms with E-state index in [-0.39, 0.29) is 12.5 Å². The van der Waals surface area contributed by atoms with E-state index in [1.54, 1.807) is 11.0 Å². The fourth-order valence-electron chi connectivity index (χ4n) is 2.25. The molecular weight excluding hydrogens is 232 g/mol. The first-order chi connectivity index (χ1) is 8.53. The number of rotatable bonds is 7. The number of urea groups is 1. The van der Waals surface area contributed by atoms with E-state index in [2.05, 4.69) is 11.9 Å². The first kappa shape index (κ1) is 14.5. The highest BCUT2D eigenvalue weighted by atomic mass is 16.4. The van der Waals surface area contributed by atoms with Crippen molar-refractivity contribution in [3.8, 4) is 0 Å². The van der Waals surface area contributed by atoms with Crippen LogP contribution in [0.1, 0.15) is 39.0 Å². The van der Waals surface area contributed by atoms with Crippen molar-refractivity contribution >= 4 is 12.0 Å². The number of nitrogens with zero attached hydrogens (tertiary/aromatic N) is 1. The lowest BCUT2D eigenvalue weighted by molar-refractivity contribution is -0.139. The SMILES string of the molecule is C=CCN(CCC)C(=O)NC1(CC(=O)O)CCC1. The van der Waals surface area contributed by atoms with Crippen molar-refractivity contribution < 1.29 is 14.7 Å². The predicted octanol–water partition coefficient (Wildman–Crippen LogP) is 1.99. The highest BCUT2D eigenvalue weighted by Crippen LogP contribution is 2.35. The molecule has 2 amide bonds. The molecule has 1 rings (SSSR count). The van der Waals surface area contributed by atoms with Crippen LogP contribution in [-0.2, 0) is 4.79 Å². The molecule has 5 nitrogen and oxygen atoms in total. The van der Waals surface area contributed by atoms with Gasteiger partial charge in [-0.15, -0.1) is 6.58 Å². The number of hydrogen-bond donors (Lipinski definition) is 2. The van der Waals surface area contributed by atoms with Gasteiger partial charge < -0.3 is 15.3 Å². The monoisotopic (exact) mass is 254 g/mol. The van der Waals surface area contributed by atoms with E-state index in [0.717, 1.165) is 25.7 Å². The molecule has 0 aromatic rings. The summed E-state index contributed by atoms with van der Waals surface area (Å²) in [4.78, 5) is 24.6. The molecule has 0 atom stereocenters. The molecule has 0 radical (unpaired) electrons. The van der Waals surface area contributed by atoms with E-state index in [1.807, 2.05) is 6.92 Å². The lowest BCUT2D eigenvalue weighted by atomic mass is 9.74. The minimum absolute atomic E-state index is 0.00674. The maximum atomic E-state index is 12.1. The quantitative estimate of drug-likeness (QED) is 0.683. The summed E-state index contributed by atoms with van der Waals surface area (Å²) < 4.78 is 0. The Kier molecular flexibility index (Phi) is 5.19. The van der Waals surface area contributed by atoms with Crippen molar-refractivity contribution in [2.24, 2.45) is 0 Å². The predicted molar refractivity (Wildman–Crippen MR) is 69.4 cm³/mol. The van der Waals surface area contributed by atoms with Gasteiger partial charge in [-0.25, -0.2) is 4.79 Å². The number of carboxylic acid groups (broad SMARTS) is 1. The molecule has 1 saturated carbocycles. The summed E-state index contributed by atoms with van der Waals surface area (Å²) in [5.41, 5.74) is -0.532. The number of carbonyl (C=O) groups is 2. The van der Waals surface area contributed by atoms with Crippen molar-refractivity contribution in [1.29, 1.82) is 0 Å². The smallest absolute Gasteiger partial charge is 0.318 e. The summed E-state index contributed by atoms with van der Waals surface area (Å²) >= 11 is 0. The lowest BCUT2D eigenvalue weighted by Gasteiger charge is -2.42. The van der Waals surface area contributed by atoms with Crippen LogP contribution < -0.4 is 5.32 Å². The van der Waals surface area contributed by atoms with Gasteiger partial charge in [0.2, 0.25) is 0 Å². The Hall–Kier alpha value is -1.52. The van der Waals surface area contributed by atoms with Crippen molar-refractivity contribution in [3.63, 3.8) is 0 Å². The fraction of sp³-hybridized carbons (Fsp3) is 0.692. The summed E-state index contributed by atoms with van der Waals surface area (Å²) in [6, 6.07) is -0.183. The number of amides is 2. The van der Waals surface area contributed by atoms with Crippen molar-refractivity contribution in [2.45, 2.75) is 44.6 Å². The topological polar surface area (TPSA) is 69.6 Å². The lowest BCUT2D eigenvalue weighted by Crippen LogP contribution is -2.58. The zero-order valence-corrected chi connectivity index (χ0v) is 10.9. The van der Waals surface area contributed by atoms with Gasteiger partial charge >= 0.3 is 12.0 Å². The molecule has 0 saturated heterocycles. The zero-order valence-electron chi connectivity index (χ0n) is 10.9. The van der Waals surface area contributed by atoms with E-state index >= 15 is 0 Å². The average molecular weight is 254 g/mol. The Labute approximate surface area is 108 Å². The summed E-state index contributed by atoms with van der Waals surface area (Å²) in [5, 5.41) is 11.8. The second-order valence-corrected chi connectivity index (χ2v) is 4.87. The molecule has 0 aliphatic heterocycles. The standard InChI is InChI=1S/C13H22N2O3/c1-3-8-15(9-4-2)12(18)14-13(6-5-7-13)10-11(16)17/h3H,1,4-10H2,2H3,(H,14,18)(H,16,17). The maximum absolute atomic E-state index is 12.1. The zero-order chi connectivity index (χ0) is 13.6. The molecule has 0 bridgehead atoms. The van der Waals surface area contributed by atoms with Crippen molar-refractivity contribution in [2.75, 3.05) is 13.1 Å². The van der Waals surface area contributed by atoms with Crippen LogP contribution in [0.2, 0.25) is 0 Å². The van der Waals surface area contributed by atoms with Gasteiger partial charge in [0.25, 0.3) is 0 Å². The Morgan fingerprint density at radius 2 is 2.17 bits per heavy atom. The van der Waals surface area contributed by atoms with Gasteiger partial charge in [0.15, 0.2) is 0 Å². The normalized spacial score (nSPS) is 16.5. The van der Waals surface area contributed by atoms with E-state index in [1.165, 1.54) is 0 Å². The van der Waals surface area contributed by atoms with Gasteiger partial charge in [0.05, 0.1) is 12.0 Å². The van der Waals surface area contributed by atoms with Gasteiger partial charge in [-0.3, -0.25) is 4.79 Å². The highest BCUT2D eigenvalue weighted by molar-refractivity contribution is 5.77. The van der Waals surface area contributed by atoms with Crippen LogP contribution in [0.3, 0.4) is 0 Å². The Morgan fingerprint density at radius 1 is 1.50 bits per heavy atom. The number of aliphatic carboxylic acids is 1. The average Bonchev–Trinajstić information content (AvgIpc) is 2.25. The molecule has 0 aromatic carbocycles. The molecule has 0 aromatic heterocycles. The Bertz CT molecular complexity index is 324. The molecule has 0 unspecified atom stereocenters. The molecular formula is C13H22N2O3. The summed E-state index contributed by atoms with van der Waals surface area (Å²) in [7, 11) is 0. The molecule has 1 aliphatic carbocycles. The molecule has 18 heavy (non-hydrogen) atoms. The number of carboxylic acids is 1. The van der Waals surface area contributed by atoms with Crippen molar-refractivity contribution in [3.05, 3.63) is 12.7 Å². The van der Waals surface area contributed by atoms with E-state index < -0.39 is 11.5 Å². The van der Waals surface area contributed by atoms with E-state index in [0.29, 0.717) is 13.1 Å². The molecule has 0 spiro atoms. The minimum Gasteiger partial charge on any atom is -0.481 e. The molecule has 102 valence electrons. The largest absolute Gasteiger partial charge is 0.481 e. The third-order valence-corrected chi connectivity index (χ3v) is 3.30. The van der Waals surface area contributed by atoms with Crippen LogP contribution in [-0.4, -0.2) is 40.6 Å². The number of nitrogens with one attached hydrogen (secondary N) is 1. The molecule has 0 heterocycles. The summed E-state index contributed by atoms with van der Waals surface area (Å²) in [5.74, 6) is -0.860. The van der Waals surface area contributed by atoms with E-state index in [4.69, 9.17) is 5.11 Å². The molecule has 1 aliphatic rings. The first-order valence-electron chi connectivity index (χ1n) is 6.43. The second kappa shape index (κ2) is 6.42. The van der Waals surface area contributed by atoms with Gasteiger partial charge in [-0.2, -0.15) is 0 Å². The van der Waals surface area contributed by atoms with Crippen LogP contribution in [0.25, 0.3) is 0 Å². The minimum atomic E-state index is -0.860. The maximum Gasteiger partial charge on any atom is 0.318 e. The van der Waals surface area contributed by atoms with Gasteiger partial charge in [-0.1, -0.05) is 13.0 Å². The molecule has 1 fully saturated rings. The number of carbonyl (C=O) groups excluding carboxylic acids is 1. The van der Waals surface area contributed by atoms with Crippen LogP contribution in [0.5, 0.6) is 0 Å². The molecule has 2 N–H and O–H groups in total. The van der Waals surface area contributed by atoms with Crippen molar-refractivity contribution in [1.82, 2.24) is 10.2 Å². The van der Waals surface area contributed by atoms with E-state index in [9.17, 15) is 9.59 Å². The Balaban J connectivity index is 2.59. The first-order valence-corrected chi connectivity index (χ1v) is 6.43. The van der Waals surface area contributed by atoms with Gasteiger partial charge in [0, 0.05) is 13.1 Å². The third kappa shape index (κ3) is 3.75. The second-order valence-electron chi connectivity index (χ2n) is 4.87. The van der Waals surface area contributed by atoms with Crippen LogP contribution in [0.4, 0.5) is 4.79 Å². The molecule has 5 heteroatoms. The van der Waals surface area contributed by atoms with Gasteiger partial charge in [-0.05, 0) is 25.7 Å². The Morgan fingerprint density at radius 3 is 2.56 bits per heavy atom. The third-order valence-electron chi connectivity index (χ3n) is 3.30. The van der Waals surface area contributed by atoms with Crippen LogP contribution >= 0.6 is 0 Å². The van der Waals surface area contributed by atoms with Gasteiger partial charge in [0.1, 0.15) is 0 Å². The summed E-state index contributed by atoms with van der Waals surface area (Å²) in [6.45, 7) is 6.77. The van der Waals surface area contributed by atoms with Crippen LogP contribution in [0, 0.1) is 0 Å².